The number of nitrogens with zero attached hydrogens (tertiary/aromatic N) is 4. The number of benzene rings is 11. The van der Waals surface area contributed by atoms with Gasteiger partial charge in [0.15, 0.2) is 0 Å². The summed E-state index contributed by atoms with van der Waals surface area (Å²) >= 11 is 0. The minimum absolute atomic E-state index is 1.16. The highest BCUT2D eigenvalue weighted by Crippen LogP contribution is 2.55. The van der Waals surface area contributed by atoms with Gasteiger partial charge in [0.1, 0.15) is 0 Å². The average molecular weight is 887 g/mol. The first-order valence-corrected chi connectivity index (χ1v) is 24.3. The molecule has 6 heterocycles. The Morgan fingerprint density at radius 2 is 0.514 bits per heavy atom. The molecule has 0 unspecified atom stereocenters. The van der Waals surface area contributed by atoms with Gasteiger partial charge in [-0.25, -0.2) is 0 Å². The van der Waals surface area contributed by atoms with Crippen LogP contribution in [0.1, 0.15) is 0 Å². The lowest BCUT2D eigenvalue weighted by molar-refractivity contribution is 1.18. The molecule has 6 aromatic heterocycles. The number of hydrogen-bond acceptors (Lipinski definition) is 0. The van der Waals surface area contributed by atoms with Gasteiger partial charge in [0.05, 0.1) is 55.2 Å². The van der Waals surface area contributed by atoms with Crippen molar-refractivity contribution in [2.45, 2.75) is 0 Å². The van der Waals surface area contributed by atoms with E-state index in [-0.39, 0.29) is 0 Å². The second kappa shape index (κ2) is 13.2. The van der Waals surface area contributed by atoms with Gasteiger partial charge in [-0.3, -0.25) is 0 Å². The molecule has 0 aliphatic rings. The standard InChI is InChI=1S/C66H38N4/c1-5-19-39(20-6-1)55-61-47-31-17-29-45-60-54(38-36-52-58(60)44-28-14-16-34-50(44)68(52)42-25-11-4-12-26-42)70(63(45)47)66(61)56(40-21-7-2-8-22-40)62-48-32-18-30-46-59-53(69(64(46)48)65(55)62)37-35-51-57(59)43-27-13-15-33-49(43)67(51)41-23-9-3-10-24-41/h1-38H. The second-order valence-corrected chi connectivity index (χ2v) is 19.1. The molecule has 0 aliphatic heterocycles. The van der Waals surface area contributed by atoms with Gasteiger partial charge in [-0.1, -0.05) is 170 Å². The van der Waals surface area contributed by atoms with Crippen molar-refractivity contribution in [2.75, 3.05) is 0 Å². The van der Waals surface area contributed by atoms with Gasteiger partial charge in [-0.15, -0.1) is 0 Å². The molecule has 17 aromatic rings. The van der Waals surface area contributed by atoms with Crippen LogP contribution in [0.15, 0.2) is 231 Å². The fourth-order valence-electron chi connectivity index (χ4n) is 13.3. The predicted octanol–water partition coefficient (Wildman–Crippen LogP) is 17.5. The molecule has 11 aromatic carbocycles. The first kappa shape index (κ1) is 36.7. The molecule has 4 nitrogen and oxygen atoms in total. The van der Waals surface area contributed by atoms with Crippen LogP contribution in [0.25, 0.3) is 153 Å². The van der Waals surface area contributed by atoms with Gasteiger partial charge >= 0.3 is 0 Å². The average Bonchev–Trinajstić information content (AvgIpc) is 4.27. The summed E-state index contributed by atoms with van der Waals surface area (Å²) < 4.78 is 10.2. The van der Waals surface area contributed by atoms with E-state index in [4.69, 9.17) is 0 Å². The number of fused-ring (bicyclic) bond motifs is 20. The Balaban J connectivity index is 1.12. The molecule has 0 amide bonds. The molecule has 0 spiro atoms. The fraction of sp³-hybridized carbons (Fsp3) is 0. The van der Waals surface area contributed by atoms with Crippen molar-refractivity contribution in [3.8, 4) is 33.6 Å². The second-order valence-electron chi connectivity index (χ2n) is 19.1. The largest absolute Gasteiger partial charge is 0.309 e. The van der Waals surface area contributed by atoms with Gasteiger partial charge in [0.2, 0.25) is 0 Å². The van der Waals surface area contributed by atoms with Crippen LogP contribution in [0.4, 0.5) is 0 Å². The highest BCUT2D eigenvalue weighted by Gasteiger charge is 2.32. The van der Waals surface area contributed by atoms with E-state index in [2.05, 4.69) is 248 Å². The summed E-state index contributed by atoms with van der Waals surface area (Å²) in [4.78, 5) is 0. The van der Waals surface area contributed by atoms with E-state index in [0.717, 1.165) is 11.4 Å². The van der Waals surface area contributed by atoms with Crippen LogP contribution in [-0.2, 0) is 0 Å². The molecule has 0 saturated heterocycles. The molecule has 0 radical (unpaired) electrons. The van der Waals surface area contributed by atoms with Crippen LogP contribution in [0.3, 0.4) is 0 Å². The Labute approximate surface area is 400 Å². The van der Waals surface area contributed by atoms with Crippen LogP contribution >= 0.6 is 0 Å². The van der Waals surface area contributed by atoms with Crippen molar-refractivity contribution in [1.82, 2.24) is 17.9 Å². The van der Waals surface area contributed by atoms with Gasteiger partial charge in [-0.05, 0) is 71.8 Å². The van der Waals surface area contributed by atoms with Gasteiger partial charge in [-0.2, -0.15) is 0 Å². The van der Waals surface area contributed by atoms with Crippen LogP contribution in [0.2, 0.25) is 0 Å². The van der Waals surface area contributed by atoms with Crippen molar-refractivity contribution in [3.63, 3.8) is 0 Å². The quantitative estimate of drug-likeness (QED) is 0.168. The summed E-state index contributed by atoms with van der Waals surface area (Å²) in [6.45, 7) is 0. The van der Waals surface area contributed by atoms with Gasteiger partial charge in [0, 0.05) is 87.1 Å². The molecular weight excluding hydrogens is 849 g/mol. The lowest BCUT2D eigenvalue weighted by Crippen LogP contribution is -1.94. The van der Waals surface area contributed by atoms with Crippen LogP contribution < -0.4 is 0 Å². The summed E-state index contributed by atoms with van der Waals surface area (Å²) in [7, 11) is 0. The normalized spacial score (nSPS) is 12.6. The van der Waals surface area contributed by atoms with Gasteiger partial charge < -0.3 is 17.9 Å². The summed E-state index contributed by atoms with van der Waals surface area (Å²) in [5.41, 5.74) is 19.6. The molecule has 70 heavy (non-hydrogen) atoms. The Morgan fingerprint density at radius 1 is 0.200 bits per heavy atom. The zero-order valence-electron chi connectivity index (χ0n) is 37.7. The van der Waals surface area contributed by atoms with Crippen molar-refractivity contribution >= 4 is 120 Å². The lowest BCUT2D eigenvalue weighted by Gasteiger charge is -2.16. The maximum absolute atomic E-state index is 2.65. The van der Waals surface area contributed by atoms with E-state index >= 15 is 0 Å². The molecule has 0 N–H and O–H groups in total. The fourth-order valence-corrected chi connectivity index (χ4v) is 13.3. The Hall–Kier alpha value is -9.38. The number of hydrogen-bond donors (Lipinski definition) is 0. The maximum atomic E-state index is 2.65. The first-order chi connectivity index (χ1) is 34.8. The zero-order chi connectivity index (χ0) is 45.3. The highest BCUT2D eigenvalue weighted by atomic mass is 15.0. The first-order valence-electron chi connectivity index (χ1n) is 24.3. The van der Waals surface area contributed by atoms with Crippen molar-refractivity contribution in [3.05, 3.63) is 231 Å². The number of rotatable bonds is 4. The van der Waals surface area contributed by atoms with E-state index in [1.165, 1.54) is 142 Å². The molecule has 0 saturated carbocycles. The van der Waals surface area contributed by atoms with E-state index in [1.54, 1.807) is 0 Å². The van der Waals surface area contributed by atoms with Crippen molar-refractivity contribution in [1.29, 1.82) is 0 Å². The van der Waals surface area contributed by atoms with Gasteiger partial charge in [0.25, 0.3) is 0 Å². The van der Waals surface area contributed by atoms with Crippen LogP contribution in [0.5, 0.6) is 0 Å². The summed E-state index contributed by atoms with van der Waals surface area (Å²) in [5.74, 6) is 0. The molecule has 0 aliphatic carbocycles. The SMILES string of the molecule is c1ccc(-c2c3c4cccc5c6c7c8ccccc8n(-c8ccccc8)c7ccc6n(c3c(-c3ccccc3)c3c6cccc7c8c9c%10ccccc%10n(-c%10ccccc%10)c9ccc8n(c23)c67)c45)cc1. The van der Waals surface area contributed by atoms with Crippen molar-refractivity contribution in [2.24, 2.45) is 0 Å². The van der Waals surface area contributed by atoms with Crippen molar-refractivity contribution < 1.29 is 0 Å². The van der Waals surface area contributed by atoms with E-state index in [9.17, 15) is 0 Å². The third-order valence-electron chi connectivity index (χ3n) is 15.8. The number of aromatic nitrogens is 4. The topological polar surface area (TPSA) is 18.7 Å². The minimum Gasteiger partial charge on any atom is -0.309 e. The highest BCUT2D eigenvalue weighted by molar-refractivity contribution is 6.41. The third-order valence-corrected chi connectivity index (χ3v) is 15.8. The molecular formula is C66H38N4. The zero-order valence-corrected chi connectivity index (χ0v) is 37.7. The molecule has 0 atom stereocenters. The molecule has 4 heteroatoms. The molecule has 0 fully saturated rings. The monoisotopic (exact) mass is 886 g/mol. The predicted molar refractivity (Wildman–Crippen MR) is 295 cm³/mol. The van der Waals surface area contributed by atoms with E-state index in [0.29, 0.717) is 0 Å². The molecule has 0 bridgehead atoms. The van der Waals surface area contributed by atoms with Crippen LogP contribution in [0, 0.1) is 0 Å². The van der Waals surface area contributed by atoms with Crippen LogP contribution in [-0.4, -0.2) is 17.9 Å². The molecule has 17 rings (SSSR count). The Morgan fingerprint density at radius 3 is 0.929 bits per heavy atom. The molecule has 322 valence electrons. The summed E-state index contributed by atoms with van der Waals surface area (Å²) in [6.07, 6.45) is 0. The lowest BCUT2D eigenvalue weighted by atomic mass is 9.89. The van der Waals surface area contributed by atoms with E-state index < -0.39 is 0 Å². The van der Waals surface area contributed by atoms with E-state index in [1.807, 2.05) is 0 Å². The summed E-state index contributed by atoms with van der Waals surface area (Å²) in [5, 5.41) is 15.3. The minimum atomic E-state index is 1.16. The third kappa shape index (κ3) is 4.39. The Bertz CT molecular complexity index is 4690. The smallest absolute Gasteiger partial charge is 0.0634 e. The number of para-hydroxylation sites is 6. The summed E-state index contributed by atoms with van der Waals surface area (Å²) in [6, 6.07) is 85.6. The Kier molecular flexibility index (Phi) is 6.92. The maximum Gasteiger partial charge on any atom is 0.0634 e.